The number of ether oxygens (including phenoxy) is 3. The van der Waals surface area contributed by atoms with E-state index in [-0.39, 0.29) is 43.8 Å². The monoisotopic (exact) mass is 601 g/mol. The maximum atomic E-state index is 14.1. The molecule has 39 heavy (non-hydrogen) atoms. The van der Waals surface area contributed by atoms with Crippen LogP contribution in [0.3, 0.4) is 0 Å². The molecular formula is C29H32BrNO8. The van der Waals surface area contributed by atoms with E-state index in [1.54, 1.807) is 0 Å². The first-order valence-corrected chi connectivity index (χ1v) is 13.7. The molecule has 2 aliphatic rings. The summed E-state index contributed by atoms with van der Waals surface area (Å²) in [6.07, 6.45) is 0.0856. The van der Waals surface area contributed by atoms with Crippen molar-refractivity contribution in [3.63, 3.8) is 0 Å². The van der Waals surface area contributed by atoms with Crippen LogP contribution in [0.1, 0.15) is 24.0 Å². The van der Waals surface area contributed by atoms with Crippen LogP contribution in [0.5, 0.6) is 0 Å². The van der Waals surface area contributed by atoms with Crippen molar-refractivity contribution >= 4 is 33.7 Å². The smallest absolute Gasteiger partial charge is 0.416 e. The van der Waals surface area contributed by atoms with Crippen LogP contribution in [0.2, 0.25) is 0 Å². The Hall–Kier alpha value is -2.89. The Morgan fingerprint density at radius 2 is 1.74 bits per heavy atom. The molecule has 1 fully saturated rings. The van der Waals surface area contributed by atoms with Crippen molar-refractivity contribution in [1.82, 2.24) is 4.90 Å². The summed E-state index contributed by atoms with van der Waals surface area (Å²) in [7, 11) is 0. The largest absolute Gasteiger partial charge is 0.447 e. The molecule has 0 saturated carbocycles. The van der Waals surface area contributed by atoms with Crippen molar-refractivity contribution in [2.75, 3.05) is 26.4 Å². The number of imide groups is 1. The molecule has 0 unspecified atom stereocenters. The molecule has 0 spiro atoms. The molecule has 0 bridgehead atoms. The second kappa shape index (κ2) is 13.5. The summed E-state index contributed by atoms with van der Waals surface area (Å²) in [5.74, 6) is -4.06. The Labute approximate surface area is 235 Å². The summed E-state index contributed by atoms with van der Waals surface area (Å²) in [5, 5.41) is 20.2. The minimum absolute atomic E-state index is 0.0419. The molecule has 1 saturated heterocycles. The highest BCUT2D eigenvalue weighted by molar-refractivity contribution is 9.11. The molecule has 10 heteroatoms. The van der Waals surface area contributed by atoms with E-state index < -0.39 is 41.6 Å². The number of hydrogen-bond acceptors (Lipinski definition) is 8. The first kappa shape index (κ1) is 29.1. The molecular weight excluding hydrogens is 570 g/mol. The Kier molecular flexibility index (Phi) is 10.0. The second-order valence-corrected chi connectivity index (χ2v) is 10.4. The number of carbonyl (C=O) groups is 3. The predicted octanol–water partition coefficient (Wildman–Crippen LogP) is 3.16. The molecule has 208 valence electrons. The van der Waals surface area contributed by atoms with E-state index in [4.69, 9.17) is 19.3 Å². The van der Waals surface area contributed by atoms with Crippen LogP contribution in [0.15, 0.2) is 71.2 Å². The SMILES string of the molecule is O=C1C=C(Br)[C@@](O)(CCCOCCO)O[C@H]1[C@@H](Cc1ccccc1)C(=O)N1C(=O)OC[C@@H]1Cc1ccccc1. The zero-order valence-electron chi connectivity index (χ0n) is 21.4. The van der Waals surface area contributed by atoms with Gasteiger partial charge in [-0.2, -0.15) is 0 Å². The number of hydrogen-bond donors (Lipinski definition) is 2. The van der Waals surface area contributed by atoms with E-state index in [1.165, 1.54) is 6.08 Å². The number of carbonyl (C=O) groups excluding carboxylic acids is 3. The summed E-state index contributed by atoms with van der Waals surface area (Å²) in [6, 6.07) is 18.1. The molecule has 0 aliphatic carbocycles. The fraction of sp³-hybridized carbons (Fsp3) is 0.414. The molecule has 2 aliphatic heterocycles. The fourth-order valence-corrected chi connectivity index (χ4v) is 5.34. The summed E-state index contributed by atoms with van der Waals surface area (Å²) in [6.45, 7) is 0.355. The van der Waals surface area contributed by atoms with Crippen molar-refractivity contribution in [3.05, 3.63) is 82.3 Å². The summed E-state index contributed by atoms with van der Waals surface area (Å²) in [5.41, 5.74) is 1.71. The molecule has 2 N–H and O–H groups in total. The molecule has 2 heterocycles. The maximum Gasteiger partial charge on any atom is 0.416 e. The highest BCUT2D eigenvalue weighted by Crippen LogP contribution is 2.37. The first-order valence-electron chi connectivity index (χ1n) is 12.9. The van der Waals surface area contributed by atoms with Gasteiger partial charge in [0.05, 0.1) is 29.7 Å². The lowest BCUT2D eigenvalue weighted by molar-refractivity contribution is -0.218. The van der Waals surface area contributed by atoms with Crippen LogP contribution in [-0.2, 0) is 36.6 Å². The summed E-state index contributed by atoms with van der Waals surface area (Å²) < 4.78 is 16.7. The van der Waals surface area contributed by atoms with Gasteiger partial charge in [0.1, 0.15) is 12.7 Å². The van der Waals surface area contributed by atoms with Gasteiger partial charge in [-0.15, -0.1) is 0 Å². The molecule has 4 rings (SSSR count). The lowest BCUT2D eigenvalue weighted by Crippen LogP contribution is -2.53. The normalized spacial score (nSPS) is 23.9. The van der Waals surface area contributed by atoms with Gasteiger partial charge in [0.2, 0.25) is 5.91 Å². The van der Waals surface area contributed by atoms with Crippen LogP contribution in [0.4, 0.5) is 4.79 Å². The number of aliphatic hydroxyl groups is 2. The molecule has 0 radical (unpaired) electrons. The zero-order chi connectivity index (χ0) is 27.8. The number of benzene rings is 2. The van der Waals surface area contributed by atoms with Crippen LogP contribution in [0, 0.1) is 5.92 Å². The van der Waals surface area contributed by atoms with E-state index in [0.29, 0.717) is 12.8 Å². The minimum Gasteiger partial charge on any atom is -0.447 e. The third kappa shape index (κ3) is 7.20. The molecule has 9 nitrogen and oxygen atoms in total. The van der Waals surface area contributed by atoms with Crippen molar-refractivity contribution in [2.45, 2.75) is 43.6 Å². The van der Waals surface area contributed by atoms with E-state index >= 15 is 0 Å². The Balaban J connectivity index is 1.60. The van der Waals surface area contributed by atoms with Gasteiger partial charge in [0, 0.05) is 13.0 Å². The van der Waals surface area contributed by atoms with Gasteiger partial charge in [-0.3, -0.25) is 9.59 Å². The van der Waals surface area contributed by atoms with E-state index in [0.717, 1.165) is 16.0 Å². The van der Waals surface area contributed by atoms with Gasteiger partial charge >= 0.3 is 6.09 Å². The topological polar surface area (TPSA) is 123 Å². The van der Waals surface area contributed by atoms with Gasteiger partial charge in [-0.1, -0.05) is 60.7 Å². The number of aliphatic hydroxyl groups excluding tert-OH is 1. The molecule has 2 amide bonds. The van der Waals surface area contributed by atoms with Crippen LogP contribution in [-0.4, -0.2) is 77.3 Å². The lowest BCUT2D eigenvalue weighted by Gasteiger charge is -2.38. The number of rotatable bonds is 12. The van der Waals surface area contributed by atoms with Gasteiger partial charge < -0.3 is 24.4 Å². The number of cyclic esters (lactones) is 1. The summed E-state index contributed by atoms with van der Waals surface area (Å²) >= 11 is 3.25. The number of nitrogens with zero attached hydrogens (tertiary/aromatic N) is 1. The molecule has 2 aromatic rings. The predicted molar refractivity (Wildman–Crippen MR) is 145 cm³/mol. The Morgan fingerprint density at radius 1 is 1.08 bits per heavy atom. The third-order valence-corrected chi connectivity index (χ3v) is 7.63. The molecule has 4 atom stereocenters. The number of amides is 2. The molecule has 2 aromatic carbocycles. The minimum atomic E-state index is -1.87. The van der Waals surface area contributed by atoms with Gasteiger partial charge in [-0.05, 0) is 52.4 Å². The average molecular weight is 602 g/mol. The Morgan fingerprint density at radius 3 is 2.41 bits per heavy atom. The van der Waals surface area contributed by atoms with Crippen molar-refractivity contribution < 1.29 is 38.8 Å². The van der Waals surface area contributed by atoms with Crippen LogP contribution >= 0.6 is 15.9 Å². The van der Waals surface area contributed by atoms with E-state index in [9.17, 15) is 19.5 Å². The average Bonchev–Trinajstić information content (AvgIpc) is 3.30. The standard InChI is InChI=1S/C29H32BrNO8/c30-25-18-24(33)26(39-29(25,36)12-7-14-37-15-13-32)23(17-21-10-5-2-6-11-21)27(34)31-22(19-38-28(31)35)16-20-8-3-1-4-9-20/h1-6,8-11,18,22-23,26,32,36H,7,12-17,19H2/t22-,23+,26-,29+/m0/s1. The third-order valence-electron chi connectivity index (χ3n) is 6.78. The van der Waals surface area contributed by atoms with E-state index in [2.05, 4.69) is 15.9 Å². The zero-order valence-corrected chi connectivity index (χ0v) is 23.0. The van der Waals surface area contributed by atoms with Gasteiger partial charge in [0.15, 0.2) is 11.6 Å². The van der Waals surface area contributed by atoms with Gasteiger partial charge in [-0.25, -0.2) is 9.69 Å². The summed E-state index contributed by atoms with van der Waals surface area (Å²) in [4.78, 5) is 41.2. The highest BCUT2D eigenvalue weighted by atomic mass is 79.9. The van der Waals surface area contributed by atoms with Crippen molar-refractivity contribution in [3.8, 4) is 0 Å². The first-order chi connectivity index (χ1) is 18.8. The second-order valence-electron chi connectivity index (χ2n) is 9.58. The Bertz CT molecular complexity index is 1170. The van der Waals surface area contributed by atoms with Crippen LogP contribution < -0.4 is 0 Å². The van der Waals surface area contributed by atoms with Gasteiger partial charge in [0.25, 0.3) is 0 Å². The number of halogens is 1. The number of ketones is 1. The van der Waals surface area contributed by atoms with Crippen molar-refractivity contribution in [1.29, 1.82) is 0 Å². The van der Waals surface area contributed by atoms with Crippen LogP contribution in [0.25, 0.3) is 0 Å². The lowest BCUT2D eigenvalue weighted by atomic mass is 9.87. The quantitative estimate of drug-likeness (QED) is 0.356. The maximum absolute atomic E-state index is 14.1. The van der Waals surface area contributed by atoms with Crippen molar-refractivity contribution in [2.24, 2.45) is 5.92 Å². The highest BCUT2D eigenvalue weighted by Gasteiger charge is 2.49. The fourth-order valence-electron chi connectivity index (χ4n) is 4.82. The van der Waals surface area contributed by atoms with E-state index in [1.807, 2.05) is 60.7 Å². The molecule has 0 aromatic heterocycles.